The van der Waals surface area contributed by atoms with Crippen molar-refractivity contribution in [3.05, 3.63) is 30.3 Å². The van der Waals surface area contributed by atoms with E-state index in [1.807, 2.05) is 18.2 Å². The van der Waals surface area contributed by atoms with Crippen LogP contribution < -0.4 is 16.2 Å². The Morgan fingerprint density at radius 1 is 1.24 bits per heavy atom. The summed E-state index contributed by atoms with van der Waals surface area (Å²) >= 11 is 0. The van der Waals surface area contributed by atoms with E-state index in [4.69, 9.17) is 5.84 Å². The summed E-state index contributed by atoms with van der Waals surface area (Å²) in [6.45, 7) is 1.01. The molecule has 0 bridgehead atoms. The number of para-hydroxylation sites is 1. The minimum atomic E-state index is -0.0820. The van der Waals surface area contributed by atoms with Crippen LogP contribution in [0.15, 0.2) is 30.3 Å². The number of unbranched alkanes of at least 4 members (excludes halogenated alkanes) is 2. The van der Waals surface area contributed by atoms with E-state index in [1.165, 1.54) is 5.69 Å². The fourth-order valence-electron chi connectivity index (χ4n) is 1.70. The van der Waals surface area contributed by atoms with Crippen molar-refractivity contribution in [1.82, 2.24) is 5.43 Å². The van der Waals surface area contributed by atoms with Crippen LogP contribution in [0.3, 0.4) is 0 Å². The minimum absolute atomic E-state index is 0.0820. The van der Waals surface area contributed by atoms with Gasteiger partial charge in [0, 0.05) is 25.7 Å². The van der Waals surface area contributed by atoms with Crippen molar-refractivity contribution in [1.29, 1.82) is 0 Å². The Hall–Kier alpha value is -1.55. The van der Waals surface area contributed by atoms with Crippen LogP contribution >= 0.6 is 0 Å². The highest BCUT2D eigenvalue weighted by Gasteiger charge is 2.00. The van der Waals surface area contributed by atoms with Crippen molar-refractivity contribution in [2.75, 3.05) is 18.5 Å². The molecule has 0 heterocycles. The van der Waals surface area contributed by atoms with Gasteiger partial charge in [-0.15, -0.1) is 0 Å². The van der Waals surface area contributed by atoms with E-state index >= 15 is 0 Å². The SMILES string of the molecule is CN(CCCCCC(=O)NN)c1ccccc1. The van der Waals surface area contributed by atoms with E-state index in [9.17, 15) is 4.79 Å². The maximum Gasteiger partial charge on any atom is 0.233 e. The molecule has 0 spiro atoms. The molecule has 1 rings (SSSR count). The van der Waals surface area contributed by atoms with Gasteiger partial charge >= 0.3 is 0 Å². The normalized spacial score (nSPS) is 10.0. The van der Waals surface area contributed by atoms with Gasteiger partial charge in [-0.2, -0.15) is 0 Å². The molecular weight excluding hydrogens is 214 g/mol. The molecule has 0 atom stereocenters. The van der Waals surface area contributed by atoms with Crippen molar-refractivity contribution in [2.45, 2.75) is 25.7 Å². The van der Waals surface area contributed by atoms with E-state index in [-0.39, 0.29) is 5.91 Å². The number of nitrogens with zero attached hydrogens (tertiary/aromatic N) is 1. The van der Waals surface area contributed by atoms with Crippen LogP contribution in [0.4, 0.5) is 5.69 Å². The van der Waals surface area contributed by atoms with Crippen LogP contribution in [-0.4, -0.2) is 19.5 Å². The lowest BCUT2D eigenvalue weighted by Crippen LogP contribution is -2.29. The van der Waals surface area contributed by atoms with Gasteiger partial charge in [0.2, 0.25) is 5.91 Å². The molecule has 0 aliphatic heterocycles. The van der Waals surface area contributed by atoms with E-state index in [2.05, 4.69) is 29.5 Å². The molecule has 0 aliphatic carbocycles. The molecule has 0 aromatic heterocycles. The van der Waals surface area contributed by atoms with Crippen LogP contribution in [-0.2, 0) is 4.79 Å². The molecule has 0 fully saturated rings. The lowest BCUT2D eigenvalue weighted by atomic mass is 10.2. The maximum absolute atomic E-state index is 10.9. The molecule has 3 N–H and O–H groups in total. The average Bonchev–Trinajstić information content (AvgIpc) is 2.38. The highest BCUT2D eigenvalue weighted by Crippen LogP contribution is 2.12. The molecule has 0 unspecified atom stereocenters. The van der Waals surface area contributed by atoms with Gasteiger partial charge in [0.15, 0.2) is 0 Å². The number of carbonyl (C=O) groups excluding carboxylic acids is 1. The van der Waals surface area contributed by atoms with Gasteiger partial charge in [-0.05, 0) is 25.0 Å². The summed E-state index contributed by atoms with van der Waals surface area (Å²) in [5.74, 6) is 4.92. The van der Waals surface area contributed by atoms with Gasteiger partial charge in [0.25, 0.3) is 0 Å². The first kappa shape index (κ1) is 13.5. The van der Waals surface area contributed by atoms with Crippen LogP contribution in [0, 0.1) is 0 Å². The van der Waals surface area contributed by atoms with Crippen molar-refractivity contribution < 1.29 is 4.79 Å². The largest absolute Gasteiger partial charge is 0.375 e. The third-order valence-electron chi connectivity index (χ3n) is 2.76. The average molecular weight is 235 g/mol. The highest BCUT2D eigenvalue weighted by molar-refractivity contribution is 5.75. The zero-order valence-electron chi connectivity index (χ0n) is 10.4. The fraction of sp³-hybridized carbons (Fsp3) is 0.462. The number of carbonyl (C=O) groups is 1. The summed E-state index contributed by atoms with van der Waals surface area (Å²) in [4.78, 5) is 13.1. The first-order valence-corrected chi connectivity index (χ1v) is 5.99. The predicted octanol–water partition coefficient (Wildman–Crippen LogP) is 1.67. The first-order valence-electron chi connectivity index (χ1n) is 5.99. The van der Waals surface area contributed by atoms with Gasteiger partial charge in [-0.3, -0.25) is 10.2 Å². The zero-order chi connectivity index (χ0) is 12.5. The Bertz CT molecular complexity index is 327. The molecule has 1 aromatic rings. The number of hydrazine groups is 1. The molecule has 4 nitrogen and oxygen atoms in total. The Balaban J connectivity index is 2.13. The van der Waals surface area contributed by atoms with E-state index in [0.29, 0.717) is 6.42 Å². The quantitative estimate of drug-likeness (QED) is 0.327. The summed E-state index contributed by atoms with van der Waals surface area (Å²) in [6.07, 6.45) is 3.55. The molecular formula is C13H21N3O. The molecule has 94 valence electrons. The van der Waals surface area contributed by atoms with Gasteiger partial charge in [0.05, 0.1) is 0 Å². The van der Waals surface area contributed by atoms with Gasteiger partial charge in [-0.1, -0.05) is 24.6 Å². The number of nitrogens with one attached hydrogen (secondary N) is 1. The zero-order valence-corrected chi connectivity index (χ0v) is 10.4. The third-order valence-corrected chi connectivity index (χ3v) is 2.76. The molecule has 1 amide bonds. The monoisotopic (exact) mass is 235 g/mol. The van der Waals surface area contributed by atoms with Gasteiger partial charge < -0.3 is 4.90 Å². The number of benzene rings is 1. The van der Waals surface area contributed by atoms with Crippen molar-refractivity contribution in [2.24, 2.45) is 5.84 Å². The van der Waals surface area contributed by atoms with Gasteiger partial charge in [0.1, 0.15) is 0 Å². The summed E-state index contributed by atoms with van der Waals surface area (Å²) in [5, 5.41) is 0. The number of amides is 1. The van der Waals surface area contributed by atoms with Crippen molar-refractivity contribution in [3.8, 4) is 0 Å². The number of anilines is 1. The molecule has 0 saturated heterocycles. The lowest BCUT2D eigenvalue weighted by molar-refractivity contribution is -0.121. The highest BCUT2D eigenvalue weighted by atomic mass is 16.2. The molecule has 0 aliphatic rings. The lowest BCUT2D eigenvalue weighted by Gasteiger charge is -2.18. The Kier molecular flexibility index (Phi) is 6.10. The smallest absolute Gasteiger partial charge is 0.233 e. The summed E-state index contributed by atoms with van der Waals surface area (Å²) in [6, 6.07) is 10.3. The second-order valence-corrected chi connectivity index (χ2v) is 4.14. The number of hydrogen-bond acceptors (Lipinski definition) is 3. The summed E-state index contributed by atoms with van der Waals surface area (Å²) in [5.41, 5.74) is 3.37. The van der Waals surface area contributed by atoms with Crippen molar-refractivity contribution >= 4 is 11.6 Å². The maximum atomic E-state index is 10.9. The van der Waals surface area contributed by atoms with Gasteiger partial charge in [-0.25, -0.2) is 5.84 Å². The summed E-state index contributed by atoms with van der Waals surface area (Å²) in [7, 11) is 2.09. The molecule has 17 heavy (non-hydrogen) atoms. The van der Waals surface area contributed by atoms with Crippen LogP contribution in [0.5, 0.6) is 0 Å². The molecule has 1 aromatic carbocycles. The van der Waals surface area contributed by atoms with Crippen LogP contribution in [0.25, 0.3) is 0 Å². The van der Waals surface area contributed by atoms with E-state index in [0.717, 1.165) is 25.8 Å². The number of nitrogens with two attached hydrogens (primary N) is 1. The first-order chi connectivity index (χ1) is 8.24. The Morgan fingerprint density at radius 2 is 1.94 bits per heavy atom. The predicted molar refractivity (Wildman–Crippen MR) is 70.5 cm³/mol. The molecule has 0 radical (unpaired) electrons. The fourth-order valence-corrected chi connectivity index (χ4v) is 1.70. The summed E-state index contributed by atoms with van der Waals surface area (Å²) < 4.78 is 0. The van der Waals surface area contributed by atoms with Crippen molar-refractivity contribution in [3.63, 3.8) is 0 Å². The third kappa shape index (κ3) is 5.36. The van der Waals surface area contributed by atoms with E-state index in [1.54, 1.807) is 0 Å². The second kappa shape index (κ2) is 7.68. The number of rotatable bonds is 7. The van der Waals surface area contributed by atoms with E-state index < -0.39 is 0 Å². The second-order valence-electron chi connectivity index (χ2n) is 4.14. The molecule has 0 saturated carbocycles. The topological polar surface area (TPSA) is 58.4 Å². The minimum Gasteiger partial charge on any atom is -0.375 e. The van der Waals surface area contributed by atoms with Crippen LogP contribution in [0.2, 0.25) is 0 Å². The van der Waals surface area contributed by atoms with Crippen LogP contribution in [0.1, 0.15) is 25.7 Å². The molecule has 4 heteroatoms. The number of hydrogen-bond donors (Lipinski definition) is 2. The standard InChI is InChI=1S/C13H21N3O/c1-16(12-8-4-2-5-9-12)11-7-3-6-10-13(17)15-14/h2,4-5,8-9H,3,6-7,10-11,14H2,1H3,(H,15,17). The Morgan fingerprint density at radius 3 is 2.59 bits per heavy atom. The Labute approximate surface area is 103 Å².